The standard InChI is InChI=1S/C30H43B5FN3O7/c1-25(2)14-38(15-26(3,4)46-25)12-17-8-6-10-20(22(17)36)29(33,34)45-21-11-7-9-18-19(21)13-39(23(18)41)28(32,24(42)37-5)30(35,44)27(31,43)16-40/h6-11,16,43-44H,12-15,31-35H2,1-5H3,(H,37,42). The minimum Gasteiger partial charge on any atom is -0.501 e. The Hall–Kier alpha value is -3.06. The van der Waals surface area contributed by atoms with Crippen molar-refractivity contribution in [3.63, 3.8) is 0 Å². The van der Waals surface area contributed by atoms with Crippen LogP contribution in [0, 0.1) is 5.82 Å². The summed E-state index contributed by atoms with van der Waals surface area (Å²) in [5.41, 5.74) is -6.16. The molecule has 0 aromatic heterocycles. The third kappa shape index (κ3) is 6.16. The Bertz CT molecular complexity index is 1540. The van der Waals surface area contributed by atoms with Crippen LogP contribution in [-0.2, 0) is 32.8 Å². The van der Waals surface area contributed by atoms with E-state index >= 15 is 4.39 Å². The number of carbonyl (C=O) groups is 3. The maximum absolute atomic E-state index is 16.2. The zero-order valence-corrected chi connectivity index (χ0v) is 28.6. The van der Waals surface area contributed by atoms with Crippen molar-refractivity contribution in [1.82, 2.24) is 15.1 Å². The summed E-state index contributed by atoms with van der Waals surface area (Å²) in [6.07, 6.45) is 0.141. The third-order valence-electron chi connectivity index (χ3n) is 9.54. The van der Waals surface area contributed by atoms with E-state index in [2.05, 4.69) is 10.2 Å². The number of amides is 2. The lowest BCUT2D eigenvalue weighted by atomic mass is 9.45. The van der Waals surface area contributed by atoms with Crippen LogP contribution in [0.15, 0.2) is 36.4 Å². The number of ether oxygens (including phenoxy) is 2. The molecule has 1 saturated heterocycles. The molecule has 2 aliphatic heterocycles. The smallest absolute Gasteiger partial charge is 0.255 e. The summed E-state index contributed by atoms with van der Waals surface area (Å²) in [6.45, 7) is 9.60. The molecule has 0 spiro atoms. The predicted octanol–water partition coefficient (Wildman–Crippen LogP) is -3.46. The monoisotopic (exact) mass is 631 g/mol. The second kappa shape index (κ2) is 11.9. The van der Waals surface area contributed by atoms with Crippen LogP contribution in [0.25, 0.3) is 0 Å². The average molecular weight is 631 g/mol. The Morgan fingerprint density at radius 3 is 2.22 bits per heavy atom. The number of fused-ring (bicyclic) bond motifs is 1. The number of nitrogens with one attached hydrogen (secondary N) is 1. The Morgan fingerprint density at radius 2 is 1.65 bits per heavy atom. The summed E-state index contributed by atoms with van der Waals surface area (Å²) < 4.78 is 28.9. The SMILES string of the molecule is BC(B)(Oc1cccc2c1CN(C(B)(C(=O)NC)C(B)(O)C(B)(O)C=O)C2=O)c1cccc(CN2CC(C)(C)OC(C)(C)C2)c1F. The van der Waals surface area contributed by atoms with Crippen molar-refractivity contribution in [1.29, 1.82) is 0 Å². The highest BCUT2D eigenvalue weighted by Gasteiger charge is 2.62. The van der Waals surface area contributed by atoms with E-state index in [1.165, 1.54) is 14.9 Å². The van der Waals surface area contributed by atoms with E-state index in [1.807, 2.05) is 27.7 Å². The van der Waals surface area contributed by atoms with Gasteiger partial charge in [0.2, 0.25) is 5.91 Å². The molecule has 2 aliphatic rings. The van der Waals surface area contributed by atoms with Crippen LogP contribution in [0.5, 0.6) is 5.75 Å². The van der Waals surface area contributed by atoms with Crippen LogP contribution in [0.1, 0.15) is 54.7 Å². The van der Waals surface area contributed by atoms with E-state index in [0.29, 0.717) is 42.1 Å². The summed E-state index contributed by atoms with van der Waals surface area (Å²) in [4.78, 5) is 42.3. The van der Waals surface area contributed by atoms with E-state index in [1.54, 1.807) is 52.1 Å². The van der Waals surface area contributed by atoms with Gasteiger partial charge in [-0.05, 0) is 39.8 Å². The Kier molecular flexibility index (Phi) is 9.24. The van der Waals surface area contributed by atoms with Crippen LogP contribution in [0.3, 0.4) is 0 Å². The van der Waals surface area contributed by atoms with Gasteiger partial charge in [-0.15, -0.1) is 0 Å². The molecule has 46 heavy (non-hydrogen) atoms. The summed E-state index contributed by atoms with van der Waals surface area (Å²) >= 11 is 0. The Balaban J connectivity index is 1.67. The number of carbonyl (C=O) groups excluding carboxylic acids is 3. The molecule has 2 aromatic rings. The molecule has 0 bridgehead atoms. The number of likely N-dealkylation sites (N-methyl/N-ethyl adjacent to an activating group) is 1. The summed E-state index contributed by atoms with van der Waals surface area (Å²) in [5, 5.41) is 23.6. The minimum absolute atomic E-state index is 0.141. The third-order valence-corrected chi connectivity index (χ3v) is 9.54. The van der Waals surface area contributed by atoms with Crippen LogP contribution < -0.4 is 10.1 Å². The number of morpholine rings is 1. The van der Waals surface area contributed by atoms with E-state index in [-0.39, 0.29) is 35.4 Å². The van der Waals surface area contributed by atoms with E-state index in [0.717, 1.165) is 20.6 Å². The predicted molar refractivity (Wildman–Crippen MR) is 185 cm³/mol. The number of aliphatic hydroxyl groups is 2. The molecule has 242 valence electrons. The van der Waals surface area contributed by atoms with E-state index in [4.69, 9.17) is 9.47 Å². The van der Waals surface area contributed by atoms with Crippen LogP contribution in [0.2, 0.25) is 0 Å². The van der Waals surface area contributed by atoms with Gasteiger partial charge in [-0.2, -0.15) is 0 Å². The van der Waals surface area contributed by atoms with Gasteiger partial charge in [-0.1, -0.05) is 24.3 Å². The fourth-order valence-corrected chi connectivity index (χ4v) is 7.01. The van der Waals surface area contributed by atoms with Crippen molar-refractivity contribution < 1.29 is 38.5 Å². The summed E-state index contributed by atoms with van der Waals surface area (Å²) in [5.74, 6) is -1.48. The van der Waals surface area contributed by atoms with Gasteiger partial charge in [0.25, 0.3) is 5.91 Å². The van der Waals surface area contributed by atoms with Gasteiger partial charge in [0.1, 0.15) is 44.5 Å². The number of hydrogen-bond acceptors (Lipinski definition) is 8. The fourth-order valence-electron chi connectivity index (χ4n) is 7.01. The number of hydrogen-bond donors (Lipinski definition) is 3. The Morgan fingerprint density at radius 1 is 1.07 bits per heavy atom. The first-order valence-electron chi connectivity index (χ1n) is 15.5. The molecule has 3 atom stereocenters. The number of aldehydes is 1. The van der Waals surface area contributed by atoms with Gasteiger partial charge in [0, 0.05) is 48.9 Å². The molecule has 0 aliphatic carbocycles. The van der Waals surface area contributed by atoms with Crippen molar-refractivity contribution in [2.75, 3.05) is 20.1 Å². The molecule has 0 saturated carbocycles. The highest BCUT2D eigenvalue weighted by atomic mass is 19.1. The van der Waals surface area contributed by atoms with Crippen LogP contribution in [-0.4, -0.2) is 125 Å². The first-order chi connectivity index (χ1) is 21.0. The molecule has 3 unspecified atom stereocenters. The first kappa shape index (κ1) is 35.8. The maximum atomic E-state index is 16.2. The average Bonchev–Trinajstić information content (AvgIpc) is 3.28. The van der Waals surface area contributed by atoms with Crippen molar-refractivity contribution >= 4 is 57.3 Å². The Labute approximate surface area is 274 Å². The molecule has 1 fully saturated rings. The number of rotatable bonds is 10. The zero-order valence-electron chi connectivity index (χ0n) is 28.6. The van der Waals surface area contributed by atoms with Gasteiger partial charge < -0.3 is 34.7 Å². The zero-order chi connectivity index (χ0) is 34.7. The van der Waals surface area contributed by atoms with Crippen molar-refractivity contribution in [3.8, 4) is 5.75 Å². The molecule has 2 amide bonds. The second-order valence-corrected chi connectivity index (χ2v) is 14.8. The molecular weight excluding hydrogens is 587 g/mol. The van der Waals surface area contributed by atoms with Gasteiger partial charge in [0.15, 0.2) is 23.5 Å². The molecule has 4 rings (SSSR count). The molecule has 0 radical (unpaired) electrons. The quantitative estimate of drug-likeness (QED) is 0.183. The highest BCUT2D eigenvalue weighted by Crippen LogP contribution is 2.41. The molecule has 3 N–H and O–H groups in total. The summed E-state index contributed by atoms with van der Waals surface area (Å²) in [7, 11) is 8.34. The minimum atomic E-state index is -2.41. The van der Waals surface area contributed by atoms with Crippen molar-refractivity contribution in [2.45, 2.75) is 73.8 Å². The van der Waals surface area contributed by atoms with E-state index < -0.39 is 33.7 Å². The number of halogens is 1. The summed E-state index contributed by atoms with van der Waals surface area (Å²) in [6, 6.07) is 10.1. The normalized spacial score (nSPS) is 21.7. The van der Waals surface area contributed by atoms with Gasteiger partial charge >= 0.3 is 0 Å². The van der Waals surface area contributed by atoms with Gasteiger partial charge in [-0.3, -0.25) is 14.5 Å². The van der Waals surface area contributed by atoms with Gasteiger partial charge in [0.05, 0.1) is 28.6 Å². The first-order valence-corrected chi connectivity index (χ1v) is 15.5. The van der Waals surface area contributed by atoms with Gasteiger partial charge in [-0.25, -0.2) is 4.39 Å². The van der Waals surface area contributed by atoms with Crippen LogP contribution in [0.4, 0.5) is 4.39 Å². The molecule has 2 heterocycles. The second-order valence-electron chi connectivity index (χ2n) is 14.8. The number of nitrogens with zero attached hydrogens (tertiary/aromatic N) is 2. The van der Waals surface area contributed by atoms with E-state index in [9.17, 15) is 24.6 Å². The molecule has 16 heteroatoms. The molecule has 2 aromatic carbocycles. The molecular formula is C30H43B5FN3O7. The highest BCUT2D eigenvalue weighted by molar-refractivity contribution is 6.42. The maximum Gasteiger partial charge on any atom is 0.255 e. The lowest BCUT2D eigenvalue weighted by molar-refractivity contribution is -0.182. The van der Waals surface area contributed by atoms with Crippen molar-refractivity contribution in [3.05, 3.63) is 64.5 Å². The molecule has 10 nitrogen and oxygen atoms in total. The largest absolute Gasteiger partial charge is 0.501 e. The fraction of sp³-hybridized carbons (Fsp3) is 0.500. The number of benzene rings is 2. The lowest BCUT2D eigenvalue weighted by Crippen LogP contribution is -2.79. The van der Waals surface area contributed by atoms with Crippen LogP contribution >= 0.6 is 0 Å². The lowest BCUT2D eigenvalue weighted by Gasteiger charge is -2.52. The van der Waals surface area contributed by atoms with Crippen molar-refractivity contribution in [2.24, 2.45) is 0 Å². The topological polar surface area (TPSA) is 129 Å².